The quantitative estimate of drug-likeness (QED) is 0.553. The van der Waals surface area contributed by atoms with Crippen molar-refractivity contribution in [2.24, 2.45) is 11.8 Å². The lowest BCUT2D eigenvalue weighted by atomic mass is 9.90. The number of carbonyl (C=O) groups excluding carboxylic acids is 3. The van der Waals surface area contributed by atoms with Crippen LogP contribution in [0.1, 0.15) is 34.1 Å². The topological polar surface area (TPSA) is 78.9 Å². The van der Waals surface area contributed by atoms with Crippen molar-refractivity contribution in [3.63, 3.8) is 0 Å². The fourth-order valence-electron chi connectivity index (χ4n) is 1.79. The van der Waals surface area contributed by atoms with E-state index in [-0.39, 0.29) is 13.0 Å². The zero-order valence-corrected chi connectivity index (χ0v) is 11.0. The molecule has 0 aliphatic carbocycles. The summed E-state index contributed by atoms with van der Waals surface area (Å²) in [4.78, 5) is 34.8. The van der Waals surface area contributed by atoms with E-state index in [1.807, 2.05) is 0 Å². The van der Waals surface area contributed by atoms with Crippen molar-refractivity contribution in [2.45, 2.75) is 39.9 Å². The van der Waals surface area contributed by atoms with Gasteiger partial charge in [-0.15, -0.1) is 0 Å². The van der Waals surface area contributed by atoms with E-state index in [1.54, 1.807) is 13.8 Å². The van der Waals surface area contributed by atoms with Crippen molar-refractivity contribution < 1.29 is 28.6 Å². The van der Waals surface area contributed by atoms with Gasteiger partial charge in [-0.25, -0.2) is 0 Å². The fourth-order valence-corrected chi connectivity index (χ4v) is 1.79. The molecule has 1 saturated heterocycles. The average molecular weight is 258 g/mol. The summed E-state index contributed by atoms with van der Waals surface area (Å²) in [5.41, 5.74) is 0. The van der Waals surface area contributed by atoms with Gasteiger partial charge in [0, 0.05) is 20.3 Å². The second-order valence-electron chi connectivity index (χ2n) is 4.71. The van der Waals surface area contributed by atoms with Crippen LogP contribution in [0.3, 0.4) is 0 Å². The number of rotatable bonds is 4. The molecule has 1 rings (SSSR count). The Balaban J connectivity index is 2.68. The van der Waals surface area contributed by atoms with E-state index in [0.29, 0.717) is 0 Å². The lowest BCUT2D eigenvalue weighted by Crippen LogP contribution is -2.48. The molecule has 6 nitrogen and oxygen atoms in total. The summed E-state index contributed by atoms with van der Waals surface area (Å²) >= 11 is 0. The van der Waals surface area contributed by atoms with Crippen LogP contribution >= 0.6 is 0 Å². The molecule has 0 aromatic heterocycles. The summed E-state index contributed by atoms with van der Waals surface area (Å²) < 4.78 is 14.7. The van der Waals surface area contributed by atoms with Crippen molar-refractivity contribution in [3.05, 3.63) is 0 Å². The van der Waals surface area contributed by atoms with Crippen molar-refractivity contribution in [2.75, 3.05) is 6.61 Å². The van der Waals surface area contributed by atoms with Crippen LogP contribution in [-0.4, -0.2) is 30.3 Å². The van der Waals surface area contributed by atoms with E-state index in [1.165, 1.54) is 13.8 Å². The van der Waals surface area contributed by atoms with Crippen LogP contribution in [0.15, 0.2) is 0 Å². The lowest BCUT2D eigenvalue weighted by molar-refractivity contribution is -0.242. The molecule has 6 heteroatoms. The van der Waals surface area contributed by atoms with Gasteiger partial charge in [0.1, 0.15) is 0 Å². The second-order valence-corrected chi connectivity index (χ2v) is 4.71. The highest BCUT2D eigenvalue weighted by Gasteiger charge is 2.46. The third kappa shape index (κ3) is 3.45. The van der Waals surface area contributed by atoms with E-state index < -0.39 is 35.5 Å². The van der Waals surface area contributed by atoms with Crippen LogP contribution in [0, 0.1) is 11.8 Å². The van der Waals surface area contributed by atoms with Crippen LogP contribution < -0.4 is 0 Å². The number of esters is 3. The van der Waals surface area contributed by atoms with Crippen LogP contribution in [0.2, 0.25) is 0 Å². The van der Waals surface area contributed by atoms with Gasteiger partial charge in [0.2, 0.25) is 0 Å². The molecule has 0 bridgehead atoms. The van der Waals surface area contributed by atoms with E-state index in [9.17, 15) is 14.4 Å². The Kier molecular flexibility index (Phi) is 4.32. The zero-order chi connectivity index (χ0) is 13.9. The summed E-state index contributed by atoms with van der Waals surface area (Å²) in [6, 6.07) is 0. The molecule has 0 aromatic rings. The maximum atomic E-state index is 11.7. The van der Waals surface area contributed by atoms with E-state index >= 15 is 0 Å². The van der Waals surface area contributed by atoms with Crippen molar-refractivity contribution in [1.82, 2.24) is 0 Å². The van der Waals surface area contributed by atoms with Crippen LogP contribution in [0.4, 0.5) is 0 Å². The minimum Gasteiger partial charge on any atom is -0.466 e. The molecule has 1 unspecified atom stereocenters. The Bertz CT molecular complexity index is 340. The normalized spacial score (nSPS) is 20.9. The van der Waals surface area contributed by atoms with Gasteiger partial charge in [0.25, 0.3) is 5.79 Å². The number of carbonyl (C=O) groups is 3. The van der Waals surface area contributed by atoms with Gasteiger partial charge in [-0.2, -0.15) is 0 Å². The summed E-state index contributed by atoms with van der Waals surface area (Å²) in [6.45, 7) is 6.53. The third-order valence-electron chi connectivity index (χ3n) is 2.56. The summed E-state index contributed by atoms with van der Waals surface area (Å²) in [5, 5.41) is 0. The SMILES string of the molecule is CCOC(=O)CC(C)C1C(=O)OC(C)(C)OC1=O. The van der Waals surface area contributed by atoms with Crippen molar-refractivity contribution >= 4 is 17.9 Å². The Labute approximate surface area is 106 Å². The summed E-state index contributed by atoms with van der Waals surface area (Å²) in [6.07, 6.45) is -0.0247. The fraction of sp³-hybridized carbons (Fsp3) is 0.750. The first kappa shape index (κ1) is 14.5. The van der Waals surface area contributed by atoms with Gasteiger partial charge < -0.3 is 14.2 Å². The third-order valence-corrected chi connectivity index (χ3v) is 2.56. The van der Waals surface area contributed by atoms with Gasteiger partial charge in [-0.1, -0.05) is 6.92 Å². The summed E-state index contributed by atoms with van der Waals surface area (Å²) in [5.74, 6) is -4.59. The van der Waals surface area contributed by atoms with Gasteiger partial charge in [-0.05, 0) is 12.8 Å². The van der Waals surface area contributed by atoms with Gasteiger partial charge >= 0.3 is 17.9 Å². The molecule has 102 valence electrons. The first-order valence-corrected chi connectivity index (χ1v) is 5.88. The molecular weight excluding hydrogens is 240 g/mol. The van der Waals surface area contributed by atoms with Crippen LogP contribution in [-0.2, 0) is 28.6 Å². The first-order chi connectivity index (χ1) is 8.26. The second kappa shape index (κ2) is 5.37. The van der Waals surface area contributed by atoms with Crippen LogP contribution in [0.25, 0.3) is 0 Å². The maximum Gasteiger partial charge on any atom is 0.323 e. The number of hydrogen-bond acceptors (Lipinski definition) is 6. The predicted molar refractivity (Wildman–Crippen MR) is 60.2 cm³/mol. The largest absolute Gasteiger partial charge is 0.466 e. The molecule has 0 saturated carbocycles. The molecule has 0 N–H and O–H groups in total. The first-order valence-electron chi connectivity index (χ1n) is 5.88. The lowest BCUT2D eigenvalue weighted by Gasteiger charge is -2.34. The van der Waals surface area contributed by atoms with E-state index in [2.05, 4.69) is 0 Å². The number of cyclic esters (lactones) is 2. The Morgan fingerprint density at radius 3 is 2.28 bits per heavy atom. The molecule has 1 aliphatic rings. The molecule has 1 heterocycles. The highest BCUT2D eigenvalue weighted by atomic mass is 16.7. The Hall–Kier alpha value is -1.59. The number of hydrogen-bond donors (Lipinski definition) is 0. The molecule has 18 heavy (non-hydrogen) atoms. The summed E-state index contributed by atoms with van der Waals surface area (Å²) in [7, 11) is 0. The van der Waals surface area contributed by atoms with Gasteiger partial charge in [0.05, 0.1) is 6.61 Å². The standard InChI is InChI=1S/C12H18O6/c1-5-16-8(13)6-7(2)9-10(14)17-12(3,4)18-11(9)15/h7,9H,5-6H2,1-4H3. The Morgan fingerprint density at radius 2 is 1.83 bits per heavy atom. The van der Waals surface area contributed by atoms with E-state index in [0.717, 1.165) is 0 Å². The molecule has 0 spiro atoms. The molecule has 0 radical (unpaired) electrons. The predicted octanol–water partition coefficient (Wildman–Crippen LogP) is 1.03. The minimum absolute atomic E-state index is 0.0247. The van der Waals surface area contributed by atoms with Crippen LogP contribution in [0.5, 0.6) is 0 Å². The molecular formula is C12H18O6. The highest BCUT2D eigenvalue weighted by molar-refractivity contribution is 5.97. The van der Waals surface area contributed by atoms with E-state index in [4.69, 9.17) is 14.2 Å². The van der Waals surface area contributed by atoms with Crippen molar-refractivity contribution in [3.8, 4) is 0 Å². The molecule has 0 aromatic carbocycles. The van der Waals surface area contributed by atoms with Gasteiger partial charge in [-0.3, -0.25) is 14.4 Å². The average Bonchev–Trinajstić information content (AvgIpc) is 2.13. The molecule has 1 atom stereocenters. The smallest absolute Gasteiger partial charge is 0.323 e. The van der Waals surface area contributed by atoms with Crippen molar-refractivity contribution in [1.29, 1.82) is 0 Å². The minimum atomic E-state index is -1.24. The highest BCUT2D eigenvalue weighted by Crippen LogP contribution is 2.29. The zero-order valence-electron chi connectivity index (χ0n) is 11.0. The molecule has 1 aliphatic heterocycles. The Morgan fingerprint density at radius 1 is 1.33 bits per heavy atom. The number of ether oxygens (including phenoxy) is 3. The van der Waals surface area contributed by atoms with Gasteiger partial charge in [0.15, 0.2) is 5.92 Å². The maximum absolute atomic E-state index is 11.7. The molecule has 1 fully saturated rings. The molecule has 0 amide bonds. The monoisotopic (exact) mass is 258 g/mol.